The van der Waals surface area contributed by atoms with Crippen molar-refractivity contribution >= 4 is 0 Å². The van der Waals surface area contributed by atoms with Crippen LogP contribution in [-0.4, -0.2) is 4.98 Å². The van der Waals surface area contributed by atoms with Crippen LogP contribution in [0.5, 0.6) is 11.6 Å². The second-order valence-corrected chi connectivity index (χ2v) is 3.12. The fourth-order valence-corrected chi connectivity index (χ4v) is 1.15. The van der Waals surface area contributed by atoms with E-state index in [1.807, 2.05) is 0 Å². The van der Waals surface area contributed by atoms with Gasteiger partial charge in [0, 0.05) is 6.07 Å². The SMILES string of the molecule is [O-][n+]1ccccc1Oc1c(F)c(F)nc(F)c1F. The van der Waals surface area contributed by atoms with Crippen molar-refractivity contribution in [2.24, 2.45) is 0 Å². The van der Waals surface area contributed by atoms with E-state index >= 15 is 0 Å². The molecule has 2 rings (SSSR count). The van der Waals surface area contributed by atoms with Crippen LogP contribution >= 0.6 is 0 Å². The smallest absolute Gasteiger partial charge is 0.385 e. The Morgan fingerprint density at radius 1 is 1.06 bits per heavy atom. The van der Waals surface area contributed by atoms with E-state index in [1.165, 1.54) is 12.1 Å². The molecule has 0 aliphatic carbocycles. The fraction of sp³-hybridized carbons (Fsp3) is 0. The maximum atomic E-state index is 13.2. The van der Waals surface area contributed by atoms with Gasteiger partial charge in [-0.05, 0) is 6.07 Å². The molecule has 18 heavy (non-hydrogen) atoms. The number of nitrogens with zero attached hydrogens (tertiary/aromatic N) is 2. The molecule has 2 aromatic rings. The highest BCUT2D eigenvalue weighted by Gasteiger charge is 2.24. The fourth-order valence-electron chi connectivity index (χ4n) is 1.15. The van der Waals surface area contributed by atoms with Crippen molar-refractivity contribution in [1.29, 1.82) is 0 Å². The minimum Gasteiger partial charge on any atom is -0.616 e. The van der Waals surface area contributed by atoms with Crippen molar-refractivity contribution in [3.63, 3.8) is 0 Å². The average Bonchev–Trinajstić information content (AvgIpc) is 2.34. The molecule has 0 aromatic carbocycles. The van der Waals surface area contributed by atoms with Crippen molar-refractivity contribution in [2.75, 3.05) is 0 Å². The lowest BCUT2D eigenvalue weighted by Crippen LogP contribution is -2.27. The molecular formula is C10H4F4N2O2. The molecule has 0 fully saturated rings. The third kappa shape index (κ3) is 2.04. The van der Waals surface area contributed by atoms with Crippen LogP contribution in [0.2, 0.25) is 0 Å². The normalized spacial score (nSPS) is 10.4. The molecule has 0 radical (unpaired) electrons. The van der Waals surface area contributed by atoms with Crippen molar-refractivity contribution in [2.45, 2.75) is 0 Å². The summed E-state index contributed by atoms with van der Waals surface area (Å²) in [7, 11) is 0. The summed E-state index contributed by atoms with van der Waals surface area (Å²) in [5.74, 6) is -9.28. The van der Waals surface area contributed by atoms with E-state index in [0.717, 1.165) is 12.3 Å². The van der Waals surface area contributed by atoms with Gasteiger partial charge in [0.25, 0.3) is 11.9 Å². The molecule has 4 nitrogen and oxygen atoms in total. The van der Waals surface area contributed by atoms with Gasteiger partial charge in [-0.25, -0.2) is 0 Å². The summed E-state index contributed by atoms with van der Waals surface area (Å²) in [6.07, 6.45) is 0.985. The minimum absolute atomic E-state index is 0.134. The lowest BCUT2D eigenvalue weighted by molar-refractivity contribution is -0.611. The van der Waals surface area contributed by atoms with Crippen molar-refractivity contribution in [3.8, 4) is 11.6 Å². The molecular weight excluding hydrogens is 256 g/mol. The summed E-state index contributed by atoms with van der Waals surface area (Å²) in [4.78, 5) is 2.35. The van der Waals surface area contributed by atoms with E-state index in [1.54, 1.807) is 0 Å². The summed E-state index contributed by atoms with van der Waals surface area (Å²) in [6, 6.07) is 3.75. The zero-order chi connectivity index (χ0) is 13.3. The Bertz CT molecular complexity index is 580. The molecule has 0 amide bonds. The Morgan fingerprint density at radius 3 is 2.22 bits per heavy atom. The molecule has 0 aliphatic heterocycles. The van der Waals surface area contributed by atoms with Gasteiger partial charge in [0.15, 0.2) is 6.20 Å². The third-order valence-corrected chi connectivity index (χ3v) is 1.95. The van der Waals surface area contributed by atoms with Crippen LogP contribution in [0.3, 0.4) is 0 Å². The Labute approximate surface area is 97.7 Å². The van der Waals surface area contributed by atoms with E-state index in [0.29, 0.717) is 0 Å². The first-order valence-corrected chi connectivity index (χ1v) is 4.56. The summed E-state index contributed by atoms with van der Waals surface area (Å²) < 4.78 is 56.5. The molecule has 0 aliphatic rings. The first-order valence-electron chi connectivity index (χ1n) is 4.56. The highest BCUT2D eigenvalue weighted by atomic mass is 19.2. The monoisotopic (exact) mass is 260 g/mol. The van der Waals surface area contributed by atoms with Crippen LogP contribution in [0.15, 0.2) is 24.4 Å². The number of aromatic nitrogens is 2. The molecule has 0 bridgehead atoms. The Balaban J connectivity index is 2.50. The summed E-state index contributed by atoms with van der Waals surface area (Å²) >= 11 is 0. The third-order valence-electron chi connectivity index (χ3n) is 1.95. The van der Waals surface area contributed by atoms with Crippen molar-refractivity contribution in [3.05, 3.63) is 53.1 Å². The summed E-state index contributed by atoms with van der Waals surface area (Å²) in [5.41, 5.74) is 0. The molecule has 2 heterocycles. The second kappa shape index (κ2) is 4.47. The predicted molar refractivity (Wildman–Crippen MR) is 49.5 cm³/mol. The Kier molecular flexibility index (Phi) is 3.00. The largest absolute Gasteiger partial charge is 0.616 e. The molecule has 2 aromatic heterocycles. The molecule has 0 atom stereocenters. The highest BCUT2D eigenvalue weighted by molar-refractivity contribution is 5.27. The van der Waals surface area contributed by atoms with E-state index in [9.17, 15) is 22.8 Å². The topological polar surface area (TPSA) is 49.1 Å². The van der Waals surface area contributed by atoms with Gasteiger partial charge in [0.2, 0.25) is 17.4 Å². The molecule has 0 saturated carbocycles. The zero-order valence-corrected chi connectivity index (χ0v) is 8.53. The van der Waals surface area contributed by atoms with Gasteiger partial charge in [-0.2, -0.15) is 22.5 Å². The number of hydrogen-bond acceptors (Lipinski definition) is 3. The van der Waals surface area contributed by atoms with Gasteiger partial charge in [0.05, 0.1) is 6.07 Å². The van der Waals surface area contributed by atoms with Crippen LogP contribution < -0.4 is 9.47 Å². The molecule has 94 valence electrons. The van der Waals surface area contributed by atoms with E-state index in [-0.39, 0.29) is 4.73 Å². The number of ether oxygens (including phenoxy) is 1. The summed E-state index contributed by atoms with van der Waals surface area (Å²) in [6.45, 7) is 0. The van der Waals surface area contributed by atoms with Gasteiger partial charge < -0.3 is 9.94 Å². The van der Waals surface area contributed by atoms with E-state index in [2.05, 4.69) is 9.72 Å². The maximum absolute atomic E-state index is 13.2. The Morgan fingerprint density at radius 2 is 1.67 bits per heavy atom. The molecule has 0 spiro atoms. The number of halogens is 4. The van der Waals surface area contributed by atoms with Gasteiger partial charge in [-0.1, -0.05) is 0 Å². The van der Waals surface area contributed by atoms with Crippen LogP contribution in [0.4, 0.5) is 17.6 Å². The van der Waals surface area contributed by atoms with E-state index in [4.69, 9.17) is 0 Å². The van der Waals surface area contributed by atoms with Crippen molar-refractivity contribution < 1.29 is 27.0 Å². The number of hydrogen-bond donors (Lipinski definition) is 0. The first kappa shape index (κ1) is 12.1. The lowest BCUT2D eigenvalue weighted by atomic mass is 10.4. The van der Waals surface area contributed by atoms with Crippen molar-refractivity contribution in [1.82, 2.24) is 4.98 Å². The number of pyridine rings is 2. The van der Waals surface area contributed by atoms with Crippen LogP contribution in [-0.2, 0) is 0 Å². The molecule has 0 unspecified atom stereocenters. The van der Waals surface area contributed by atoms with Crippen LogP contribution in [0.25, 0.3) is 0 Å². The van der Waals surface area contributed by atoms with Gasteiger partial charge in [-0.3, -0.25) is 0 Å². The zero-order valence-electron chi connectivity index (χ0n) is 8.53. The van der Waals surface area contributed by atoms with Gasteiger partial charge in [0.1, 0.15) is 0 Å². The quantitative estimate of drug-likeness (QED) is 0.359. The molecule has 8 heteroatoms. The summed E-state index contributed by atoms with van der Waals surface area (Å²) in [5, 5.41) is 11.2. The lowest BCUT2D eigenvalue weighted by Gasteiger charge is -2.07. The predicted octanol–water partition coefficient (Wildman–Crippen LogP) is 2.06. The second-order valence-electron chi connectivity index (χ2n) is 3.12. The van der Waals surface area contributed by atoms with Crippen LogP contribution in [0, 0.1) is 28.7 Å². The number of rotatable bonds is 2. The average molecular weight is 260 g/mol. The first-order chi connectivity index (χ1) is 8.50. The molecule has 0 N–H and O–H groups in total. The molecule has 0 saturated heterocycles. The van der Waals surface area contributed by atoms with Crippen LogP contribution in [0.1, 0.15) is 0 Å². The van der Waals surface area contributed by atoms with Gasteiger partial charge >= 0.3 is 5.88 Å². The van der Waals surface area contributed by atoms with Gasteiger partial charge in [-0.15, -0.1) is 4.73 Å². The Hall–Kier alpha value is -2.38. The minimum atomic E-state index is -1.86. The van der Waals surface area contributed by atoms with E-state index < -0.39 is 35.2 Å². The maximum Gasteiger partial charge on any atom is 0.385 e. The standard InChI is InChI=1S/C10H4F4N2O2/c11-6-8(7(12)10(14)15-9(6)13)18-5-3-1-2-4-16(5)17/h1-4H. The highest BCUT2D eigenvalue weighted by Crippen LogP contribution is 2.27.